The van der Waals surface area contributed by atoms with Crippen molar-refractivity contribution in [3.8, 4) is 11.5 Å². The largest absolute Gasteiger partial charge is 0.307 e. The monoisotopic (exact) mass is 212 g/mol. The molecule has 0 bridgehead atoms. The summed E-state index contributed by atoms with van der Waals surface area (Å²) in [4.78, 5) is 13.3. The van der Waals surface area contributed by atoms with Crippen molar-refractivity contribution >= 4 is 0 Å². The van der Waals surface area contributed by atoms with Crippen molar-refractivity contribution in [2.45, 2.75) is 20.0 Å². The predicted molar refractivity (Wildman–Crippen MR) is 60.5 cm³/mol. The molecular formula is C12H12N4. The average Bonchev–Trinajstić information content (AvgIpc) is 2.75. The molecule has 4 nitrogen and oxygen atoms in total. The summed E-state index contributed by atoms with van der Waals surface area (Å²) in [5.74, 6) is 0.714. The Bertz CT molecular complexity index is 536. The van der Waals surface area contributed by atoms with Gasteiger partial charge in [0.2, 0.25) is 0 Å². The van der Waals surface area contributed by atoms with Crippen LogP contribution in [0.2, 0.25) is 0 Å². The Morgan fingerprint density at radius 2 is 2.12 bits per heavy atom. The van der Waals surface area contributed by atoms with Crippen LogP contribution < -0.4 is 5.32 Å². The molecule has 0 spiro atoms. The molecule has 0 saturated carbocycles. The van der Waals surface area contributed by atoms with Crippen molar-refractivity contribution in [3.63, 3.8) is 0 Å². The minimum Gasteiger partial charge on any atom is -0.307 e. The second-order valence-corrected chi connectivity index (χ2v) is 3.93. The molecule has 1 aliphatic heterocycles. The van der Waals surface area contributed by atoms with E-state index in [0.29, 0.717) is 5.82 Å². The highest BCUT2D eigenvalue weighted by molar-refractivity contribution is 5.49. The lowest BCUT2D eigenvalue weighted by Gasteiger charge is -2.02. The van der Waals surface area contributed by atoms with Gasteiger partial charge in [0.1, 0.15) is 5.69 Å². The van der Waals surface area contributed by atoms with Crippen LogP contribution in [0.5, 0.6) is 0 Å². The first-order valence-electron chi connectivity index (χ1n) is 5.32. The number of nitrogens with zero attached hydrogens (tertiary/aromatic N) is 3. The number of aromatic nitrogens is 3. The third-order valence-electron chi connectivity index (χ3n) is 2.68. The van der Waals surface area contributed by atoms with Crippen LogP contribution in [-0.2, 0) is 13.1 Å². The summed E-state index contributed by atoms with van der Waals surface area (Å²) in [5.41, 5.74) is 4.11. The molecular weight excluding hydrogens is 200 g/mol. The minimum atomic E-state index is 0.714. The van der Waals surface area contributed by atoms with Crippen LogP contribution in [0.15, 0.2) is 24.4 Å². The van der Waals surface area contributed by atoms with Crippen molar-refractivity contribution in [1.29, 1.82) is 0 Å². The summed E-state index contributed by atoms with van der Waals surface area (Å²) in [6, 6.07) is 5.89. The minimum absolute atomic E-state index is 0.714. The zero-order valence-corrected chi connectivity index (χ0v) is 9.07. The van der Waals surface area contributed by atoms with Crippen molar-refractivity contribution in [2.75, 3.05) is 0 Å². The maximum atomic E-state index is 4.53. The fourth-order valence-electron chi connectivity index (χ4n) is 1.85. The lowest BCUT2D eigenvalue weighted by molar-refractivity contribution is 0.758. The van der Waals surface area contributed by atoms with Crippen LogP contribution in [0.4, 0.5) is 0 Å². The van der Waals surface area contributed by atoms with Gasteiger partial charge in [0.25, 0.3) is 0 Å². The van der Waals surface area contributed by atoms with Crippen LogP contribution in [0.25, 0.3) is 11.5 Å². The first-order chi connectivity index (χ1) is 7.83. The summed E-state index contributed by atoms with van der Waals surface area (Å²) in [5, 5.41) is 3.25. The van der Waals surface area contributed by atoms with Gasteiger partial charge in [-0.25, -0.2) is 15.0 Å². The van der Waals surface area contributed by atoms with Gasteiger partial charge >= 0.3 is 0 Å². The number of pyridine rings is 1. The molecule has 0 aliphatic carbocycles. The second-order valence-electron chi connectivity index (χ2n) is 3.93. The maximum Gasteiger partial charge on any atom is 0.178 e. The van der Waals surface area contributed by atoms with Gasteiger partial charge in [0.05, 0.1) is 5.69 Å². The van der Waals surface area contributed by atoms with Crippen LogP contribution in [-0.4, -0.2) is 15.0 Å². The van der Waals surface area contributed by atoms with E-state index in [1.54, 1.807) is 0 Å². The number of nitrogens with one attached hydrogen (secondary N) is 1. The number of rotatable bonds is 1. The van der Waals surface area contributed by atoms with E-state index in [4.69, 9.17) is 0 Å². The first-order valence-corrected chi connectivity index (χ1v) is 5.32. The molecule has 2 aromatic heterocycles. The molecule has 1 aliphatic rings. The van der Waals surface area contributed by atoms with Gasteiger partial charge in [-0.05, 0) is 19.1 Å². The molecule has 0 saturated heterocycles. The number of aryl methyl sites for hydroxylation is 1. The van der Waals surface area contributed by atoms with Crippen molar-refractivity contribution in [2.24, 2.45) is 0 Å². The molecule has 16 heavy (non-hydrogen) atoms. The first kappa shape index (κ1) is 9.42. The number of fused-ring (bicyclic) bond motifs is 1. The van der Waals surface area contributed by atoms with E-state index in [2.05, 4.69) is 20.3 Å². The number of hydrogen-bond acceptors (Lipinski definition) is 4. The van der Waals surface area contributed by atoms with Gasteiger partial charge in [0.15, 0.2) is 5.82 Å². The van der Waals surface area contributed by atoms with Crippen LogP contribution >= 0.6 is 0 Å². The van der Waals surface area contributed by atoms with Gasteiger partial charge in [-0.15, -0.1) is 0 Å². The molecule has 0 radical (unpaired) electrons. The van der Waals surface area contributed by atoms with E-state index in [-0.39, 0.29) is 0 Å². The molecule has 0 amide bonds. The van der Waals surface area contributed by atoms with E-state index >= 15 is 0 Å². The van der Waals surface area contributed by atoms with E-state index in [1.807, 2.05) is 31.3 Å². The Labute approximate surface area is 93.8 Å². The molecule has 0 unspecified atom stereocenters. The predicted octanol–water partition coefficient (Wildman–Crippen LogP) is 1.45. The highest BCUT2D eigenvalue weighted by Gasteiger charge is 2.13. The molecule has 3 rings (SSSR count). The van der Waals surface area contributed by atoms with Crippen LogP contribution in [0.3, 0.4) is 0 Å². The average molecular weight is 212 g/mol. The zero-order chi connectivity index (χ0) is 11.0. The SMILES string of the molecule is Cc1cccc(-c2ncc3c(n2)CNC3)n1. The Hall–Kier alpha value is -1.81. The summed E-state index contributed by atoms with van der Waals surface area (Å²) < 4.78 is 0. The van der Waals surface area contributed by atoms with Gasteiger partial charge in [0, 0.05) is 30.5 Å². The number of hydrogen-bond donors (Lipinski definition) is 1. The highest BCUT2D eigenvalue weighted by atomic mass is 15.0. The lowest BCUT2D eigenvalue weighted by Crippen LogP contribution is -2.00. The zero-order valence-electron chi connectivity index (χ0n) is 9.07. The third kappa shape index (κ3) is 1.57. The maximum absolute atomic E-state index is 4.53. The molecule has 0 fully saturated rings. The summed E-state index contributed by atoms with van der Waals surface area (Å²) >= 11 is 0. The Morgan fingerprint density at radius 3 is 3.00 bits per heavy atom. The molecule has 80 valence electrons. The molecule has 4 heteroatoms. The normalized spacial score (nSPS) is 13.8. The van der Waals surface area contributed by atoms with E-state index in [1.165, 1.54) is 5.56 Å². The Morgan fingerprint density at radius 1 is 1.19 bits per heavy atom. The van der Waals surface area contributed by atoms with Gasteiger partial charge < -0.3 is 5.32 Å². The van der Waals surface area contributed by atoms with E-state index < -0.39 is 0 Å². The molecule has 1 N–H and O–H groups in total. The third-order valence-corrected chi connectivity index (χ3v) is 2.68. The standard InChI is InChI=1S/C12H12N4/c1-8-3-2-4-10(15-8)12-14-6-9-5-13-7-11(9)16-12/h2-4,6,13H,5,7H2,1H3. The smallest absolute Gasteiger partial charge is 0.178 e. The molecule has 2 aromatic rings. The topological polar surface area (TPSA) is 50.7 Å². The van der Waals surface area contributed by atoms with E-state index in [9.17, 15) is 0 Å². The van der Waals surface area contributed by atoms with Crippen LogP contribution in [0, 0.1) is 6.92 Å². The van der Waals surface area contributed by atoms with Crippen molar-refractivity contribution < 1.29 is 0 Å². The van der Waals surface area contributed by atoms with Crippen LogP contribution in [0.1, 0.15) is 17.0 Å². The lowest BCUT2D eigenvalue weighted by atomic mass is 10.2. The molecule has 0 atom stereocenters. The van der Waals surface area contributed by atoms with Crippen molar-refractivity contribution in [1.82, 2.24) is 20.3 Å². The quantitative estimate of drug-likeness (QED) is 0.777. The Balaban J connectivity index is 2.07. The summed E-state index contributed by atoms with van der Waals surface area (Å²) in [7, 11) is 0. The van der Waals surface area contributed by atoms with Gasteiger partial charge in [-0.2, -0.15) is 0 Å². The second kappa shape index (κ2) is 3.64. The van der Waals surface area contributed by atoms with E-state index in [0.717, 1.165) is 30.2 Å². The van der Waals surface area contributed by atoms with Crippen molar-refractivity contribution in [3.05, 3.63) is 41.3 Å². The summed E-state index contributed by atoms with van der Waals surface area (Å²) in [6.07, 6.45) is 1.89. The fraction of sp³-hybridized carbons (Fsp3) is 0.250. The molecule has 0 aromatic carbocycles. The molecule has 3 heterocycles. The van der Waals surface area contributed by atoms with Gasteiger partial charge in [-0.3, -0.25) is 0 Å². The fourth-order valence-corrected chi connectivity index (χ4v) is 1.85. The summed E-state index contributed by atoms with van der Waals surface area (Å²) in [6.45, 7) is 3.67. The highest BCUT2D eigenvalue weighted by Crippen LogP contribution is 2.17. The Kier molecular flexibility index (Phi) is 2.15. The van der Waals surface area contributed by atoms with Gasteiger partial charge in [-0.1, -0.05) is 6.07 Å².